The zero-order valence-electron chi connectivity index (χ0n) is 11.5. The zero-order chi connectivity index (χ0) is 15.3. The van der Waals surface area contributed by atoms with Crippen molar-refractivity contribution in [2.45, 2.75) is 44.0 Å². The first-order valence-corrected chi connectivity index (χ1v) is 7.93. The lowest BCUT2D eigenvalue weighted by atomic mass is 10.1. The Hall–Kier alpha value is -1.47. The second-order valence-corrected chi connectivity index (χ2v) is 6.26. The molecule has 1 amide bonds. The minimum absolute atomic E-state index is 0.0697. The van der Waals surface area contributed by atoms with E-state index >= 15 is 0 Å². The third-order valence-corrected chi connectivity index (χ3v) is 3.79. The molecule has 0 radical (unpaired) electrons. The van der Waals surface area contributed by atoms with E-state index in [0.29, 0.717) is 0 Å². The Morgan fingerprint density at radius 3 is 2.60 bits per heavy atom. The fraction of sp³-hybridized carbons (Fsp3) is 0.462. The van der Waals surface area contributed by atoms with Gasteiger partial charge in [0, 0.05) is 6.04 Å². The second-order valence-electron chi connectivity index (χ2n) is 4.70. The molecule has 3 N–H and O–H groups in total. The number of benzene rings is 1. The lowest BCUT2D eigenvalue weighted by Crippen LogP contribution is -2.33. The summed E-state index contributed by atoms with van der Waals surface area (Å²) in [4.78, 5) is 11.5. The molecule has 0 spiro atoms. The number of carbonyl (C=O) groups excluding carboxylic acids is 1. The van der Waals surface area contributed by atoms with E-state index in [1.54, 1.807) is 0 Å². The van der Waals surface area contributed by atoms with Crippen LogP contribution >= 0.6 is 0 Å². The molecule has 0 aliphatic carbocycles. The molecule has 112 valence electrons. The molecule has 1 rings (SSSR count). The number of sulfonamides is 1. The van der Waals surface area contributed by atoms with Gasteiger partial charge in [-0.05, 0) is 31.5 Å². The number of amides is 1. The van der Waals surface area contributed by atoms with Crippen molar-refractivity contribution in [2.24, 2.45) is 5.14 Å². The maximum Gasteiger partial charge on any atom is 0.254 e. The zero-order valence-corrected chi connectivity index (χ0v) is 12.3. The molecule has 0 aromatic heterocycles. The van der Waals surface area contributed by atoms with Crippen LogP contribution in [0, 0.1) is 5.82 Å². The van der Waals surface area contributed by atoms with Crippen LogP contribution in [-0.2, 0) is 10.0 Å². The van der Waals surface area contributed by atoms with Gasteiger partial charge in [-0.15, -0.1) is 0 Å². The molecule has 0 aliphatic rings. The van der Waals surface area contributed by atoms with Crippen molar-refractivity contribution < 1.29 is 17.6 Å². The van der Waals surface area contributed by atoms with Crippen molar-refractivity contribution in [3.05, 3.63) is 29.6 Å². The van der Waals surface area contributed by atoms with Gasteiger partial charge >= 0.3 is 0 Å². The van der Waals surface area contributed by atoms with Crippen molar-refractivity contribution in [1.82, 2.24) is 5.32 Å². The van der Waals surface area contributed by atoms with E-state index < -0.39 is 21.7 Å². The van der Waals surface area contributed by atoms with Crippen molar-refractivity contribution >= 4 is 15.9 Å². The van der Waals surface area contributed by atoms with Crippen LogP contribution in [0.5, 0.6) is 0 Å². The maximum absolute atomic E-state index is 13.8. The predicted molar refractivity (Wildman–Crippen MR) is 74.2 cm³/mol. The van der Waals surface area contributed by atoms with Gasteiger partial charge in [0.1, 0.15) is 5.82 Å². The molecule has 1 atom stereocenters. The maximum atomic E-state index is 13.8. The third-order valence-electron chi connectivity index (χ3n) is 2.88. The standard InChI is InChI=1S/C13H19FN2O3S/c1-3-4-5-9(2)16-13(17)11-7-6-10(8-12(11)14)20(15,18)19/h6-9H,3-5H2,1-2H3,(H,16,17)(H2,15,18,19). The highest BCUT2D eigenvalue weighted by Crippen LogP contribution is 2.14. The average Bonchev–Trinajstić information content (AvgIpc) is 2.34. The highest BCUT2D eigenvalue weighted by molar-refractivity contribution is 7.89. The lowest BCUT2D eigenvalue weighted by Gasteiger charge is -2.13. The fourth-order valence-corrected chi connectivity index (χ4v) is 2.27. The van der Waals surface area contributed by atoms with Crippen LogP contribution in [0.4, 0.5) is 4.39 Å². The summed E-state index contributed by atoms with van der Waals surface area (Å²) in [5.41, 5.74) is -0.194. The number of primary sulfonamides is 1. The van der Waals surface area contributed by atoms with Crippen LogP contribution in [0.25, 0.3) is 0 Å². The molecule has 5 nitrogen and oxygen atoms in total. The van der Waals surface area contributed by atoms with Crippen LogP contribution in [0.15, 0.2) is 23.1 Å². The molecule has 7 heteroatoms. The van der Waals surface area contributed by atoms with Gasteiger partial charge in [0.15, 0.2) is 0 Å². The van der Waals surface area contributed by atoms with Crippen LogP contribution in [0.1, 0.15) is 43.5 Å². The molecule has 1 aromatic rings. The highest BCUT2D eigenvalue weighted by atomic mass is 32.2. The SMILES string of the molecule is CCCCC(C)NC(=O)c1ccc(S(N)(=O)=O)cc1F. The normalized spacial score (nSPS) is 13.0. The first-order chi connectivity index (χ1) is 9.25. The molecular weight excluding hydrogens is 283 g/mol. The largest absolute Gasteiger partial charge is 0.349 e. The topological polar surface area (TPSA) is 89.3 Å². The van der Waals surface area contributed by atoms with Gasteiger partial charge < -0.3 is 5.32 Å². The van der Waals surface area contributed by atoms with Crippen LogP contribution in [-0.4, -0.2) is 20.4 Å². The number of unbranched alkanes of at least 4 members (excludes halogenated alkanes) is 1. The first kappa shape index (κ1) is 16.6. The third kappa shape index (κ3) is 4.57. The van der Waals surface area contributed by atoms with Crippen LogP contribution in [0.3, 0.4) is 0 Å². The molecule has 0 saturated carbocycles. The second kappa shape index (κ2) is 6.81. The van der Waals surface area contributed by atoms with E-state index in [9.17, 15) is 17.6 Å². The van der Waals surface area contributed by atoms with Gasteiger partial charge in [0.05, 0.1) is 10.5 Å². The summed E-state index contributed by atoms with van der Waals surface area (Å²) in [6.45, 7) is 3.88. The first-order valence-electron chi connectivity index (χ1n) is 6.39. The summed E-state index contributed by atoms with van der Waals surface area (Å²) in [7, 11) is -3.97. The van der Waals surface area contributed by atoms with E-state index in [0.717, 1.165) is 37.5 Å². The lowest BCUT2D eigenvalue weighted by molar-refractivity contribution is 0.0933. The number of hydrogen-bond donors (Lipinski definition) is 2. The number of rotatable bonds is 6. The minimum atomic E-state index is -3.97. The molecule has 20 heavy (non-hydrogen) atoms. The van der Waals surface area contributed by atoms with E-state index in [4.69, 9.17) is 5.14 Å². The summed E-state index contributed by atoms with van der Waals surface area (Å²) >= 11 is 0. The van der Waals surface area contributed by atoms with Crippen molar-refractivity contribution in [3.63, 3.8) is 0 Å². The number of halogens is 1. The van der Waals surface area contributed by atoms with Gasteiger partial charge in [-0.3, -0.25) is 4.79 Å². The Morgan fingerprint density at radius 1 is 1.45 bits per heavy atom. The molecule has 1 aromatic carbocycles. The van der Waals surface area contributed by atoms with E-state index in [-0.39, 0.29) is 16.5 Å². The van der Waals surface area contributed by atoms with E-state index in [1.807, 2.05) is 13.8 Å². The van der Waals surface area contributed by atoms with Crippen molar-refractivity contribution in [2.75, 3.05) is 0 Å². The number of nitrogens with one attached hydrogen (secondary N) is 1. The number of hydrogen-bond acceptors (Lipinski definition) is 3. The minimum Gasteiger partial charge on any atom is -0.349 e. The summed E-state index contributed by atoms with van der Waals surface area (Å²) < 4.78 is 35.9. The molecule has 0 fully saturated rings. The molecular formula is C13H19FN2O3S. The van der Waals surface area contributed by atoms with E-state index in [1.165, 1.54) is 0 Å². The average molecular weight is 302 g/mol. The predicted octanol–water partition coefficient (Wildman–Crippen LogP) is 1.78. The van der Waals surface area contributed by atoms with Crippen molar-refractivity contribution in [1.29, 1.82) is 0 Å². The summed E-state index contributed by atoms with van der Waals surface area (Å²) in [5, 5.41) is 7.56. The van der Waals surface area contributed by atoms with Gasteiger partial charge in [-0.1, -0.05) is 19.8 Å². The van der Waals surface area contributed by atoms with Crippen molar-refractivity contribution in [3.8, 4) is 0 Å². The van der Waals surface area contributed by atoms with Gasteiger partial charge in [0.25, 0.3) is 5.91 Å². The Balaban J connectivity index is 2.84. The quantitative estimate of drug-likeness (QED) is 0.839. The Labute approximate surface area is 118 Å². The molecule has 1 unspecified atom stereocenters. The molecule has 0 heterocycles. The highest BCUT2D eigenvalue weighted by Gasteiger charge is 2.17. The fourth-order valence-electron chi connectivity index (χ4n) is 1.74. The Morgan fingerprint density at radius 2 is 2.10 bits per heavy atom. The van der Waals surface area contributed by atoms with Crippen LogP contribution in [0.2, 0.25) is 0 Å². The van der Waals surface area contributed by atoms with Gasteiger partial charge in [-0.2, -0.15) is 0 Å². The number of carbonyl (C=O) groups is 1. The number of nitrogens with two attached hydrogens (primary N) is 1. The smallest absolute Gasteiger partial charge is 0.254 e. The van der Waals surface area contributed by atoms with Gasteiger partial charge in [-0.25, -0.2) is 17.9 Å². The van der Waals surface area contributed by atoms with Gasteiger partial charge in [0.2, 0.25) is 10.0 Å². The van der Waals surface area contributed by atoms with E-state index in [2.05, 4.69) is 5.32 Å². The molecule has 0 bridgehead atoms. The molecule has 0 saturated heterocycles. The molecule has 0 aliphatic heterocycles. The van der Waals surface area contributed by atoms with Crippen LogP contribution < -0.4 is 10.5 Å². The summed E-state index contributed by atoms with van der Waals surface area (Å²) in [5.74, 6) is -1.47. The summed E-state index contributed by atoms with van der Waals surface area (Å²) in [6, 6.07) is 2.92. The summed E-state index contributed by atoms with van der Waals surface area (Å²) in [6.07, 6.45) is 2.78. The Kier molecular flexibility index (Phi) is 5.64. The monoisotopic (exact) mass is 302 g/mol. The Bertz CT molecular complexity index is 587.